The van der Waals surface area contributed by atoms with Gasteiger partial charge >= 0.3 is 5.97 Å². The lowest BCUT2D eigenvalue weighted by Crippen LogP contribution is -2.46. The largest absolute Gasteiger partial charge is 0.477 e. The number of aromatic nitrogens is 1. The van der Waals surface area contributed by atoms with Gasteiger partial charge in [0.2, 0.25) is 5.91 Å². The van der Waals surface area contributed by atoms with Crippen molar-refractivity contribution in [1.82, 2.24) is 14.8 Å². The highest BCUT2D eigenvalue weighted by molar-refractivity contribution is 5.96. The van der Waals surface area contributed by atoms with Crippen LogP contribution in [0.15, 0.2) is 12.1 Å². The fraction of sp³-hybridized carbons (Fsp3) is 0.611. The lowest BCUT2D eigenvalue weighted by Gasteiger charge is -2.32. The van der Waals surface area contributed by atoms with Crippen LogP contribution in [-0.2, 0) is 11.8 Å². The Morgan fingerprint density at radius 2 is 1.68 bits per heavy atom. The van der Waals surface area contributed by atoms with Gasteiger partial charge in [-0.3, -0.25) is 9.59 Å². The van der Waals surface area contributed by atoms with Gasteiger partial charge < -0.3 is 19.9 Å². The summed E-state index contributed by atoms with van der Waals surface area (Å²) in [7, 11) is 1.57. The minimum atomic E-state index is -1.06. The third kappa shape index (κ3) is 4.21. The van der Waals surface area contributed by atoms with Gasteiger partial charge in [0.25, 0.3) is 5.91 Å². The second-order valence-electron chi connectivity index (χ2n) is 7.08. The van der Waals surface area contributed by atoms with Crippen molar-refractivity contribution in [3.05, 3.63) is 23.5 Å². The number of nitrogens with one attached hydrogen (secondary N) is 1. The van der Waals surface area contributed by atoms with E-state index in [9.17, 15) is 14.4 Å². The number of piperidine rings is 1. The molecule has 7 heteroatoms. The van der Waals surface area contributed by atoms with E-state index in [2.05, 4.69) is 19.2 Å². The molecule has 1 unspecified atom stereocenters. The molecule has 138 valence electrons. The van der Waals surface area contributed by atoms with Crippen LogP contribution in [0.3, 0.4) is 0 Å². The quantitative estimate of drug-likeness (QED) is 0.847. The molecule has 1 aromatic rings. The van der Waals surface area contributed by atoms with Crippen LogP contribution in [-0.4, -0.2) is 51.5 Å². The minimum Gasteiger partial charge on any atom is -0.477 e. The molecule has 1 atom stereocenters. The number of carboxylic acid groups (broad SMARTS) is 1. The molecule has 2 N–H and O–H groups in total. The second-order valence-corrected chi connectivity index (χ2v) is 7.08. The first kappa shape index (κ1) is 19.0. The number of aromatic carboxylic acids is 1. The monoisotopic (exact) mass is 349 g/mol. The standard InChI is InChI=1S/C18H27N3O4/c1-11(2)12(3)19-16(22)13-7-9-21(10-8-13)17(23)14-5-6-15(18(24)25)20(14)4/h5-6,11-13H,7-10H2,1-4H3,(H,19,22)(H,24,25). The lowest BCUT2D eigenvalue weighted by molar-refractivity contribution is -0.127. The third-order valence-electron chi connectivity index (χ3n) is 5.08. The van der Waals surface area contributed by atoms with E-state index in [0.717, 1.165) is 0 Å². The highest BCUT2D eigenvalue weighted by Crippen LogP contribution is 2.20. The summed E-state index contributed by atoms with van der Waals surface area (Å²) < 4.78 is 1.40. The van der Waals surface area contributed by atoms with Gasteiger partial charge in [-0.25, -0.2) is 4.79 Å². The summed E-state index contributed by atoms with van der Waals surface area (Å²) in [4.78, 5) is 37.7. The SMILES string of the molecule is CC(C)C(C)NC(=O)C1CCN(C(=O)c2ccc(C(=O)O)n2C)CC1. The van der Waals surface area contributed by atoms with Gasteiger partial charge in [0.15, 0.2) is 0 Å². The van der Waals surface area contributed by atoms with Crippen molar-refractivity contribution in [2.24, 2.45) is 18.9 Å². The summed E-state index contributed by atoms with van der Waals surface area (Å²) in [5, 5.41) is 12.1. The number of likely N-dealkylation sites (tertiary alicyclic amines) is 1. The maximum absolute atomic E-state index is 12.6. The number of carbonyl (C=O) groups is 3. The van der Waals surface area contributed by atoms with E-state index in [1.54, 1.807) is 11.9 Å². The molecular formula is C18H27N3O4. The van der Waals surface area contributed by atoms with Crippen molar-refractivity contribution in [3.8, 4) is 0 Å². The average molecular weight is 349 g/mol. The van der Waals surface area contributed by atoms with Gasteiger partial charge in [0.05, 0.1) is 0 Å². The Labute approximate surface area is 148 Å². The third-order valence-corrected chi connectivity index (χ3v) is 5.08. The molecule has 1 fully saturated rings. The molecule has 0 aliphatic carbocycles. The molecule has 0 spiro atoms. The van der Waals surface area contributed by atoms with E-state index < -0.39 is 5.97 Å². The van der Waals surface area contributed by atoms with Crippen LogP contribution in [0.25, 0.3) is 0 Å². The van der Waals surface area contributed by atoms with Crippen LogP contribution in [0.2, 0.25) is 0 Å². The summed E-state index contributed by atoms with van der Waals surface area (Å²) in [6.07, 6.45) is 1.25. The van der Waals surface area contributed by atoms with Gasteiger partial charge in [-0.2, -0.15) is 0 Å². The molecule has 2 heterocycles. The van der Waals surface area contributed by atoms with Crippen molar-refractivity contribution in [3.63, 3.8) is 0 Å². The summed E-state index contributed by atoms with van der Waals surface area (Å²) in [6.45, 7) is 7.13. The highest BCUT2D eigenvalue weighted by atomic mass is 16.4. The molecule has 1 aliphatic rings. The van der Waals surface area contributed by atoms with Crippen molar-refractivity contribution < 1.29 is 19.5 Å². The van der Waals surface area contributed by atoms with E-state index in [1.165, 1.54) is 16.7 Å². The Hall–Kier alpha value is -2.31. The zero-order chi connectivity index (χ0) is 18.7. The number of hydrogen-bond acceptors (Lipinski definition) is 3. The number of carboxylic acids is 1. The Balaban J connectivity index is 1.95. The van der Waals surface area contributed by atoms with E-state index >= 15 is 0 Å². The summed E-state index contributed by atoms with van der Waals surface area (Å²) in [5.74, 6) is -0.888. The molecular weight excluding hydrogens is 322 g/mol. The van der Waals surface area contributed by atoms with Gasteiger partial charge in [-0.1, -0.05) is 13.8 Å². The smallest absolute Gasteiger partial charge is 0.352 e. The normalized spacial score (nSPS) is 16.8. The van der Waals surface area contributed by atoms with Crippen LogP contribution in [0.5, 0.6) is 0 Å². The van der Waals surface area contributed by atoms with Crippen molar-refractivity contribution in [2.45, 2.75) is 39.7 Å². The fourth-order valence-corrected chi connectivity index (χ4v) is 2.96. The van der Waals surface area contributed by atoms with E-state index in [1.807, 2.05) is 6.92 Å². The average Bonchev–Trinajstić information content (AvgIpc) is 2.95. The topological polar surface area (TPSA) is 91.6 Å². The van der Waals surface area contributed by atoms with Crippen LogP contribution < -0.4 is 5.32 Å². The van der Waals surface area contributed by atoms with E-state index in [-0.39, 0.29) is 29.5 Å². The van der Waals surface area contributed by atoms with Crippen molar-refractivity contribution in [2.75, 3.05) is 13.1 Å². The molecule has 0 radical (unpaired) electrons. The number of nitrogens with zero attached hydrogens (tertiary/aromatic N) is 2. The van der Waals surface area contributed by atoms with Crippen LogP contribution in [0, 0.1) is 11.8 Å². The zero-order valence-electron chi connectivity index (χ0n) is 15.3. The maximum Gasteiger partial charge on any atom is 0.352 e. The molecule has 0 aromatic carbocycles. The van der Waals surface area contributed by atoms with Gasteiger partial charge in [-0.15, -0.1) is 0 Å². The first-order chi connectivity index (χ1) is 11.7. The molecule has 2 amide bonds. The Kier molecular flexibility index (Phi) is 5.87. The summed E-state index contributed by atoms with van der Waals surface area (Å²) >= 11 is 0. The van der Waals surface area contributed by atoms with Gasteiger partial charge in [0, 0.05) is 32.1 Å². The maximum atomic E-state index is 12.6. The number of carbonyl (C=O) groups excluding carboxylic acids is 2. The number of rotatable bonds is 5. The first-order valence-electron chi connectivity index (χ1n) is 8.71. The molecule has 7 nitrogen and oxygen atoms in total. The van der Waals surface area contributed by atoms with Crippen molar-refractivity contribution in [1.29, 1.82) is 0 Å². The Morgan fingerprint density at radius 3 is 2.16 bits per heavy atom. The first-order valence-corrected chi connectivity index (χ1v) is 8.71. The number of amides is 2. The zero-order valence-corrected chi connectivity index (χ0v) is 15.3. The van der Waals surface area contributed by atoms with E-state index in [0.29, 0.717) is 37.5 Å². The predicted octanol–water partition coefficient (Wildman–Crippen LogP) is 1.74. The highest BCUT2D eigenvalue weighted by Gasteiger charge is 2.30. The molecule has 1 aromatic heterocycles. The summed E-state index contributed by atoms with van der Waals surface area (Å²) in [6, 6.07) is 3.10. The second kappa shape index (κ2) is 7.72. The molecule has 0 saturated carbocycles. The Bertz CT molecular complexity index is 657. The van der Waals surface area contributed by atoms with Crippen LogP contribution in [0.1, 0.15) is 54.6 Å². The Morgan fingerprint density at radius 1 is 1.12 bits per heavy atom. The van der Waals surface area contributed by atoms with Gasteiger partial charge in [0.1, 0.15) is 11.4 Å². The molecule has 0 bridgehead atoms. The molecule has 1 saturated heterocycles. The molecule has 1 aliphatic heterocycles. The summed E-state index contributed by atoms with van der Waals surface area (Å²) in [5.41, 5.74) is 0.439. The molecule has 2 rings (SSSR count). The van der Waals surface area contributed by atoms with Crippen molar-refractivity contribution >= 4 is 17.8 Å². The van der Waals surface area contributed by atoms with Crippen LogP contribution >= 0.6 is 0 Å². The predicted molar refractivity (Wildman–Crippen MR) is 93.4 cm³/mol. The number of hydrogen-bond donors (Lipinski definition) is 2. The van der Waals surface area contributed by atoms with Gasteiger partial charge in [-0.05, 0) is 37.8 Å². The van der Waals surface area contributed by atoms with E-state index in [4.69, 9.17) is 5.11 Å². The fourth-order valence-electron chi connectivity index (χ4n) is 2.96. The van der Waals surface area contributed by atoms with Crippen LogP contribution in [0.4, 0.5) is 0 Å². The lowest BCUT2D eigenvalue weighted by atomic mass is 9.94. The minimum absolute atomic E-state index is 0.0559. The molecule has 25 heavy (non-hydrogen) atoms.